The average molecular weight is 574 g/mol. The molecule has 0 aromatic carbocycles. The van der Waals surface area contributed by atoms with Gasteiger partial charge < -0.3 is 34.1 Å². The monoisotopic (exact) mass is 573 g/mol. The van der Waals surface area contributed by atoms with Crippen LogP contribution in [0.1, 0.15) is 52.9 Å². The SMILES string of the molecule is COCC1OC(=O)/C(=C\N2CCC(C(=O)OC)CC2)C2=C(O)C(=O)C3=C(C(OC(C)=O)CC4(C)C(O)CCC34)C21C. The number of Topliss-reactive ketones (excluding diaryl/α,β-unsaturated/α-hetero) is 1. The number of esters is 3. The first-order valence-corrected chi connectivity index (χ1v) is 14.2. The Morgan fingerprint density at radius 2 is 1.80 bits per heavy atom. The molecule has 1 saturated carbocycles. The third-order valence-corrected chi connectivity index (χ3v) is 10.0. The van der Waals surface area contributed by atoms with Crippen molar-refractivity contribution in [1.82, 2.24) is 4.90 Å². The highest BCUT2D eigenvalue weighted by Gasteiger charge is 2.64. The summed E-state index contributed by atoms with van der Waals surface area (Å²) in [6, 6.07) is 0. The van der Waals surface area contributed by atoms with Crippen molar-refractivity contribution in [2.75, 3.05) is 33.9 Å². The van der Waals surface area contributed by atoms with E-state index in [-0.39, 0.29) is 42.0 Å². The molecule has 0 bridgehead atoms. The molecule has 224 valence electrons. The second kappa shape index (κ2) is 10.6. The van der Waals surface area contributed by atoms with Crippen molar-refractivity contribution < 1.29 is 48.3 Å². The number of fused-ring (bicyclic) bond motifs is 4. The summed E-state index contributed by atoms with van der Waals surface area (Å²) in [5, 5.41) is 22.6. The molecule has 5 rings (SSSR count). The number of methoxy groups -OCH3 is 2. The lowest BCUT2D eigenvalue weighted by Crippen LogP contribution is -2.57. The standard InChI is InChI=1S/C30H39NO10/c1-15(32)40-19-12-29(2)18(6-7-20(29)33)22-24(19)30(3)21(14-38-4)41-28(37)17(23(30)26(35)25(22)34)13-31-10-8-16(9-11-31)27(36)39-5/h13,16,18-21,33,35H,6-12,14H2,1-5H3/b17-13-. The van der Waals surface area contributed by atoms with Crippen molar-refractivity contribution in [2.24, 2.45) is 22.7 Å². The van der Waals surface area contributed by atoms with Crippen LogP contribution in [-0.4, -0.2) is 91.0 Å². The van der Waals surface area contributed by atoms with Gasteiger partial charge in [-0.15, -0.1) is 0 Å². The number of carbonyl (C=O) groups excluding carboxylic acids is 4. The Morgan fingerprint density at radius 3 is 2.41 bits per heavy atom. The van der Waals surface area contributed by atoms with Crippen molar-refractivity contribution in [1.29, 1.82) is 0 Å². The maximum Gasteiger partial charge on any atom is 0.340 e. The minimum Gasteiger partial charge on any atom is -0.504 e. The Bertz CT molecular complexity index is 1260. The van der Waals surface area contributed by atoms with Crippen LogP contribution in [0.5, 0.6) is 0 Å². The van der Waals surface area contributed by atoms with Crippen molar-refractivity contribution in [3.8, 4) is 0 Å². The zero-order chi connectivity index (χ0) is 29.9. The van der Waals surface area contributed by atoms with Crippen molar-refractivity contribution >= 4 is 23.7 Å². The van der Waals surface area contributed by atoms with Crippen LogP contribution < -0.4 is 0 Å². The van der Waals surface area contributed by atoms with E-state index in [0.29, 0.717) is 49.9 Å². The van der Waals surface area contributed by atoms with Crippen LogP contribution in [0.2, 0.25) is 0 Å². The molecule has 0 aromatic heterocycles. The maximum atomic E-state index is 14.1. The predicted octanol–water partition coefficient (Wildman–Crippen LogP) is 2.14. The molecule has 2 heterocycles. The first-order chi connectivity index (χ1) is 19.4. The molecule has 11 nitrogen and oxygen atoms in total. The maximum absolute atomic E-state index is 14.1. The van der Waals surface area contributed by atoms with Gasteiger partial charge in [0.05, 0.1) is 36.7 Å². The number of aliphatic hydroxyl groups excluding tert-OH is 2. The molecule has 0 aromatic rings. The zero-order valence-corrected chi connectivity index (χ0v) is 24.2. The number of allylic oxidation sites excluding steroid dienone is 1. The molecule has 2 N–H and O–H groups in total. The van der Waals surface area contributed by atoms with E-state index < -0.39 is 52.6 Å². The van der Waals surface area contributed by atoms with Crippen LogP contribution in [0.3, 0.4) is 0 Å². The number of rotatable bonds is 5. The second-order valence-electron chi connectivity index (χ2n) is 12.3. The van der Waals surface area contributed by atoms with Gasteiger partial charge in [-0.05, 0) is 50.5 Å². The molecule has 5 aliphatic rings. The zero-order valence-electron chi connectivity index (χ0n) is 24.2. The van der Waals surface area contributed by atoms with Gasteiger partial charge in [0.15, 0.2) is 5.76 Å². The molecule has 11 heteroatoms. The average Bonchev–Trinajstić information content (AvgIpc) is 3.22. The molecule has 3 aliphatic carbocycles. The van der Waals surface area contributed by atoms with Gasteiger partial charge in [-0.25, -0.2) is 4.79 Å². The largest absolute Gasteiger partial charge is 0.504 e. The molecular formula is C30H39NO10. The Labute approximate surface area is 239 Å². The number of hydrogen-bond donors (Lipinski definition) is 2. The molecule has 2 aliphatic heterocycles. The Kier molecular flexibility index (Phi) is 7.57. The third-order valence-electron chi connectivity index (χ3n) is 10.0. The lowest BCUT2D eigenvalue weighted by atomic mass is 9.53. The summed E-state index contributed by atoms with van der Waals surface area (Å²) in [4.78, 5) is 53.8. The van der Waals surface area contributed by atoms with Gasteiger partial charge in [0.25, 0.3) is 0 Å². The summed E-state index contributed by atoms with van der Waals surface area (Å²) >= 11 is 0. The fourth-order valence-electron chi connectivity index (χ4n) is 7.89. The number of piperidine rings is 1. The van der Waals surface area contributed by atoms with Gasteiger partial charge in [-0.2, -0.15) is 0 Å². The van der Waals surface area contributed by atoms with Crippen LogP contribution >= 0.6 is 0 Å². The molecule has 6 unspecified atom stereocenters. The quantitative estimate of drug-likeness (QED) is 0.283. The minimum absolute atomic E-state index is 0.0286. The summed E-state index contributed by atoms with van der Waals surface area (Å²) in [7, 11) is 2.82. The number of aliphatic hydroxyl groups is 2. The van der Waals surface area contributed by atoms with E-state index in [0.717, 1.165) is 0 Å². The fourth-order valence-corrected chi connectivity index (χ4v) is 7.89. The van der Waals surface area contributed by atoms with Crippen molar-refractivity contribution in [3.05, 3.63) is 34.3 Å². The number of cyclic esters (lactones) is 1. The Morgan fingerprint density at radius 1 is 1.12 bits per heavy atom. The summed E-state index contributed by atoms with van der Waals surface area (Å²) in [6.45, 7) is 5.85. The van der Waals surface area contributed by atoms with Crippen LogP contribution in [0.25, 0.3) is 0 Å². The third kappa shape index (κ3) is 4.48. The van der Waals surface area contributed by atoms with E-state index in [1.165, 1.54) is 21.1 Å². The predicted molar refractivity (Wildman–Crippen MR) is 143 cm³/mol. The minimum atomic E-state index is -1.26. The number of likely N-dealkylation sites (tertiary alicyclic amines) is 1. The summed E-state index contributed by atoms with van der Waals surface area (Å²) in [5.74, 6) is -3.34. The van der Waals surface area contributed by atoms with Crippen LogP contribution in [0, 0.1) is 22.7 Å². The first kappa shape index (κ1) is 29.3. The van der Waals surface area contributed by atoms with Gasteiger partial charge in [0.1, 0.15) is 12.2 Å². The summed E-state index contributed by atoms with van der Waals surface area (Å²) < 4.78 is 22.1. The molecule has 3 fully saturated rings. The number of ketones is 1. The lowest BCUT2D eigenvalue weighted by molar-refractivity contribution is -0.161. The van der Waals surface area contributed by atoms with E-state index in [2.05, 4.69) is 0 Å². The molecule has 41 heavy (non-hydrogen) atoms. The van der Waals surface area contributed by atoms with E-state index in [1.807, 2.05) is 11.8 Å². The molecule has 2 saturated heterocycles. The van der Waals surface area contributed by atoms with Crippen LogP contribution in [0.4, 0.5) is 0 Å². The number of hydrogen-bond acceptors (Lipinski definition) is 11. The van der Waals surface area contributed by atoms with Crippen molar-refractivity contribution in [3.63, 3.8) is 0 Å². The topological polar surface area (TPSA) is 149 Å². The summed E-state index contributed by atoms with van der Waals surface area (Å²) in [6.07, 6.45) is 1.38. The van der Waals surface area contributed by atoms with E-state index in [9.17, 15) is 29.4 Å². The van der Waals surface area contributed by atoms with Crippen LogP contribution in [0.15, 0.2) is 34.3 Å². The normalized spacial score (nSPS) is 36.5. The fraction of sp³-hybridized carbons (Fsp3) is 0.667. The highest BCUT2D eigenvalue weighted by Crippen LogP contribution is 2.63. The van der Waals surface area contributed by atoms with Gasteiger partial charge in [-0.1, -0.05) is 6.92 Å². The highest BCUT2D eigenvalue weighted by atomic mass is 16.6. The second-order valence-corrected chi connectivity index (χ2v) is 12.3. The van der Waals surface area contributed by atoms with E-state index in [1.54, 1.807) is 13.1 Å². The van der Waals surface area contributed by atoms with E-state index >= 15 is 0 Å². The van der Waals surface area contributed by atoms with Crippen LogP contribution in [-0.2, 0) is 38.1 Å². The number of carbonyl (C=O) groups is 4. The molecular weight excluding hydrogens is 534 g/mol. The van der Waals surface area contributed by atoms with E-state index in [4.69, 9.17) is 18.9 Å². The van der Waals surface area contributed by atoms with Gasteiger partial charge in [0, 0.05) is 49.9 Å². The van der Waals surface area contributed by atoms with Gasteiger partial charge in [0.2, 0.25) is 5.78 Å². The Hall–Kier alpha value is -3.18. The lowest BCUT2D eigenvalue weighted by Gasteiger charge is -2.54. The number of ether oxygens (including phenoxy) is 4. The Balaban J connectivity index is 1.65. The molecule has 6 atom stereocenters. The van der Waals surface area contributed by atoms with Gasteiger partial charge >= 0.3 is 17.9 Å². The first-order valence-electron chi connectivity index (χ1n) is 14.2. The highest BCUT2D eigenvalue weighted by molar-refractivity contribution is 6.13. The smallest absolute Gasteiger partial charge is 0.340 e. The molecule has 0 spiro atoms. The molecule has 0 amide bonds. The summed E-state index contributed by atoms with van der Waals surface area (Å²) in [5.41, 5.74) is -1.03. The van der Waals surface area contributed by atoms with Crippen molar-refractivity contribution in [2.45, 2.75) is 71.2 Å². The number of nitrogens with zero attached hydrogens (tertiary/aromatic N) is 1. The van der Waals surface area contributed by atoms with Gasteiger partial charge in [-0.3, -0.25) is 14.4 Å². The molecule has 0 radical (unpaired) electrons.